The van der Waals surface area contributed by atoms with Gasteiger partial charge in [-0.2, -0.15) is 0 Å². The van der Waals surface area contributed by atoms with E-state index in [1.165, 1.54) is 11.8 Å². The van der Waals surface area contributed by atoms with Crippen LogP contribution in [0.1, 0.15) is 22.5 Å². The van der Waals surface area contributed by atoms with Crippen LogP contribution >= 0.6 is 47.2 Å². The molecule has 30 heavy (non-hydrogen) atoms. The Balaban J connectivity index is 1.64. The summed E-state index contributed by atoms with van der Waals surface area (Å²) >= 11 is 19.0. The molecule has 1 aliphatic rings. The van der Waals surface area contributed by atoms with Crippen LogP contribution in [-0.2, 0) is 11.3 Å². The van der Waals surface area contributed by atoms with Gasteiger partial charge in [-0.1, -0.05) is 53.2 Å². The van der Waals surface area contributed by atoms with Crippen molar-refractivity contribution < 1.29 is 4.79 Å². The number of nitrogens with zero attached hydrogens (tertiary/aromatic N) is 3. The highest BCUT2D eigenvalue weighted by Gasteiger charge is 2.32. The van der Waals surface area contributed by atoms with Gasteiger partial charge in [0.05, 0.1) is 21.5 Å². The fraction of sp³-hybridized carbons (Fsp3) is 0.136. The molecule has 0 unspecified atom stereocenters. The first-order chi connectivity index (χ1) is 14.3. The summed E-state index contributed by atoms with van der Waals surface area (Å²) in [5.74, 6) is -0.0896. The van der Waals surface area contributed by atoms with Crippen LogP contribution in [0.5, 0.6) is 0 Å². The minimum atomic E-state index is -0.0896. The molecule has 1 fully saturated rings. The van der Waals surface area contributed by atoms with Crippen LogP contribution < -0.4 is 0 Å². The molecule has 2 aromatic heterocycles. The number of benzene rings is 1. The Hall–Kier alpha value is -2.12. The largest absolute Gasteiger partial charge is 0.318 e. The zero-order chi connectivity index (χ0) is 21.4. The smallest absolute Gasteiger partial charge is 0.266 e. The average molecular weight is 474 g/mol. The monoisotopic (exact) mass is 473 g/mol. The summed E-state index contributed by atoms with van der Waals surface area (Å²) in [6.07, 6.45) is 5.35. The maximum absolute atomic E-state index is 13.0. The van der Waals surface area contributed by atoms with Crippen molar-refractivity contribution in [3.8, 4) is 5.69 Å². The number of aryl methyl sites for hydroxylation is 1. The number of thioether (sulfide) groups is 1. The Labute approximate surface area is 194 Å². The van der Waals surface area contributed by atoms with Crippen LogP contribution in [0.25, 0.3) is 11.8 Å². The molecule has 0 saturated carbocycles. The minimum absolute atomic E-state index is 0.0896. The molecular formula is C22H17Cl2N3OS2. The van der Waals surface area contributed by atoms with E-state index in [-0.39, 0.29) is 5.91 Å². The minimum Gasteiger partial charge on any atom is -0.318 e. The Morgan fingerprint density at radius 2 is 1.97 bits per heavy atom. The van der Waals surface area contributed by atoms with E-state index < -0.39 is 0 Å². The number of aromatic nitrogens is 2. The van der Waals surface area contributed by atoms with Crippen molar-refractivity contribution in [1.29, 1.82) is 0 Å². The number of amides is 1. The topological polar surface area (TPSA) is 38.1 Å². The van der Waals surface area contributed by atoms with Crippen LogP contribution in [0, 0.1) is 13.8 Å². The van der Waals surface area contributed by atoms with Crippen LogP contribution in [0.4, 0.5) is 0 Å². The maximum Gasteiger partial charge on any atom is 0.266 e. The van der Waals surface area contributed by atoms with Gasteiger partial charge in [0.15, 0.2) is 0 Å². The van der Waals surface area contributed by atoms with Gasteiger partial charge < -0.3 is 4.57 Å². The Morgan fingerprint density at radius 3 is 2.67 bits per heavy atom. The first kappa shape index (κ1) is 21.1. The Kier molecular flexibility index (Phi) is 6.02. The lowest BCUT2D eigenvalue weighted by molar-refractivity contribution is -0.122. The highest BCUT2D eigenvalue weighted by Crippen LogP contribution is 2.35. The van der Waals surface area contributed by atoms with Crippen molar-refractivity contribution >= 4 is 63.5 Å². The molecule has 0 N–H and O–H groups in total. The summed E-state index contributed by atoms with van der Waals surface area (Å²) in [5.41, 5.74) is 4.85. The molecule has 0 aliphatic carbocycles. The normalized spacial score (nSPS) is 15.5. The summed E-state index contributed by atoms with van der Waals surface area (Å²) in [6, 6.07) is 11.4. The number of rotatable bonds is 4. The second-order valence-corrected chi connectivity index (χ2v) is 9.38. The summed E-state index contributed by atoms with van der Waals surface area (Å²) < 4.78 is 2.64. The van der Waals surface area contributed by atoms with Crippen LogP contribution in [-0.4, -0.2) is 24.7 Å². The van der Waals surface area contributed by atoms with Crippen molar-refractivity contribution in [1.82, 2.24) is 14.5 Å². The molecule has 0 spiro atoms. The Bertz CT molecular complexity index is 1190. The maximum atomic E-state index is 13.0. The van der Waals surface area contributed by atoms with Gasteiger partial charge in [-0.3, -0.25) is 14.7 Å². The number of hydrogen-bond donors (Lipinski definition) is 0. The molecule has 4 rings (SSSR count). The van der Waals surface area contributed by atoms with E-state index >= 15 is 0 Å². The van der Waals surface area contributed by atoms with E-state index in [0.717, 1.165) is 28.2 Å². The zero-order valence-corrected chi connectivity index (χ0v) is 19.4. The lowest BCUT2D eigenvalue weighted by Gasteiger charge is -2.13. The highest BCUT2D eigenvalue weighted by atomic mass is 35.5. The lowest BCUT2D eigenvalue weighted by atomic mass is 10.2. The molecule has 4 nitrogen and oxygen atoms in total. The molecular weight excluding hydrogens is 457 g/mol. The number of carbonyl (C=O) groups is 1. The molecule has 0 bridgehead atoms. The molecule has 8 heteroatoms. The predicted octanol–water partition coefficient (Wildman–Crippen LogP) is 6.20. The third-order valence-corrected chi connectivity index (χ3v) is 6.97. The number of carbonyl (C=O) groups excluding carboxylic acids is 1. The third-order valence-electron chi connectivity index (χ3n) is 4.86. The van der Waals surface area contributed by atoms with Crippen molar-refractivity contribution in [2.75, 3.05) is 0 Å². The molecule has 0 radical (unpaired) electrons. The van der Waals surface area contributed by atoms with E-state index in [0.29, 0.717) is 25.8 Å². The molecule has 1 aliphatic heterocycles. The number of pyridine rings is 1. The quantitative estimate of drug-likeness (QED) is 0.334. The van der Waals surface area contributed by atoms with Crippen molar-refractivity contribution in [3.05, 3.63) is 86.3 Å². The second-order valence-electron chi connectivity index (χ2n) is 6.89. The highest BCUT2D eigenvalue weighted by molar-refractivity contribution is 8.26. The lowest BCUT2D eigenvalue weighted by Crippen LogP contribution is -2.27. The predicted molar refractivity (Wildman–Crippen MR) is 128 cm³/mol. The first-order valence-corrected chi connectivity index (χ1v) is 11.1. The third kappa shape index (κ3) is 4.05. The molecule has 3 aromatic rings. The van der Waals surface area contributed by atoms with Crippen molar-refractivity contribution in [2.45, 2.75) is 20.4 Å². The van der Waals surface area contributed by atoms with Gasteiger partial charge in [-0.15, -0.1) is 0 Å². The fourth-order valence-electron chi connectivity index (χ4n) is 3.41. The van der Waals surface area contributed by atoms with Gasteiger partial charge in [-0.25, -0.2) is 0 Å². The standard InChI is InChI=1S/C22H17Cl2N3OS2/c1-13-8-16(14(2)27(13)17-5-6-18(23)19(24)10-17)9-20-21(28)26(22(29)30-20)12-15-4-3-7-25-11-15/h3-11H,12H2,1-2H3/b20-9+. The van der Waals surface area contributed by atoms with Crippen molar-refractivity contribution in [2.24, 2.45) is 0 Å². The first-order valence-electron chi connectivity index (χ1n) is 9.14. The number of thiocarbonyl (C=S) groups is 1. The fourth-order valence-corrected chi connectivity index (χ4v) is 4.95. The summed E-state index contributed by atoms with van der Waals surface area (Å²) in [4.78, 5) is 19.3. The average Bonchev–Trinajstić information content (AvgIpc) is 3.15. The molecule has 152 valence electrons. The molecule has 1 aromatic carbocycles. The van der Waals surface area contributed by atoms with Gasteiger partial charge in [0.2, 0.25) is 0 Å². The van der Waals surface area contributed by atoms with Gasteiger partial charge in [-0.05, 0) is 61.4 Å². The van der Waals surface area contributed by atoms with Gasteiger partial charge >= 0.3 is 0 Å². The van der Waals surface area contributed by atoms with Gasteiger partial charge in [0, 0.05) is 29.5 Å². The molecule has 3 heterocycles. The van der Waals surface area contributed by atoms with Gasteiger partial charge in [0.25, 0.3) is 5.91 Å². The molecule has 1 amide bonds. The van der Waals surface area contributed by atoms with E-state index in [2.05, 4.69) is 9.55 Å². The van der Waals surface area contributed by atoms with Crippen molar-refractivity contribution in [3.63, 3.8) is 0 Å². The van der Waals surface area contributed by atoms with E-state index in [1.54, 1.807) is 23.4 Å². The SMILES string of the molecule is Cc1cc(/C=C2/SC(=S)N(Cc3cccnc3)C2=O)c(C)n1-c1ccc(Cl)c(Cl)c1. The van der Waals surface area contributed by atoms with Crippen LogP contribution in [0.3, 0.4) is 0 Å². The van der Waals surface area contributed by atoms with E-state index in [1.807, 2.05) is 50.3 Å². The Morgan fingerprint density at radius 1 is 1.17 bits per heavy atom. The number of hydrogen-bond acceptors (Lipinski definition) is 4. The summed E-state index contributed by atoms with van der Waals surface area (Å²) in [7, 11) is 0. The van der Waals surface area contributed by atoms with Crippen LogP contribution in [0.2, 0.25) is 10.0 Å². The van der Waals surface area contributed by atoms with Gasteiger partial charge in [0.1, 0.15) is 4.32 Å². The van der Waals surface area contributed by atoms with E-state index in [9.17, 15) is 4.79 Å². The summed E-state index contributed by atoms with van der Waals surface area (Å²) in [6.45, 7) is 4.44. The number of halogens is 2. The van der Waals surface area contributed by atoms with Crippen LogP contribution in [0.15, 0.2) is 53.7 Å². The summed E-state index contributed by atoms with van der Waals surface area (Å²) in [5, 5.41) is 1.01. The zero-order valence-electron chi connectivity index (χ0n) is 16.2. The second kappa shape index (κ2) is 8.55. The molecule has 0 atom stereocenters. The molecule has 1 saturated heterocycles. The van der Waals surface area contributed by atoms with E-state index in [4.69, 9.17) is 35.4 Å².